The lowest BCUT2D eigenvalue weighted by atomic mass is 10.2. The van der Waals surface area contributed by atoms with E-state index in [0.717, 1.165) is 38.7 Å². The molecular formula is C19H31BrF2O4. The Kier molecular flexibility index (Phi) is 17.4. The summed E-state index contributed by atoms with van der Waals surface area (Å²) in [7, 11) is 0. The number of terminal acetylenes is 1. The number of ether oxygens (including phenoxy) is 4. The molecule has 0 aromatic rings. The van der Waals surface area contributed by atoms with Crippen LogP contribution in [0.25, 0.3) is 0 Å². The third-order valence-corrected chi connectivity index (χ3v) is 3.40. The van der Waals surface area contributed by atoms with Crippen LogP contribution in [0.3, 0.4) is 0 Å². The van der Waals surface area contributed by atoms with Crippen molar-refractivity contribution >= 4 is 15.9 Å². The molecule has 2 fully saturated rings. The fourth-order valence-corrected chi connectivity index (χ4v) is 2.24. The minimum atomic E-state index is -3.12. The van der Waals surface area contributed by atoms with E-state index in [1.165, 1.54) is 6.42 Å². The van der Waals surface area contributed by atoms with Crippen LogP contribution in [-0.4, -0.2) is 43.8 Å². The summed E-state index contributed by atoms with van der Waals surface area (Å²) in [4.78, 5) is -3.12. The second-order valence-corrected chi connectivity index (χ2v) is 6.21. The van der Waals surface area contributed by atoms with E-state index >= 15 is 0 Å². The van der Waals surface area contributed by atoms with Crippen molar-refractivity contribution in [2.75, 3.05) is 26.4 Å². The van der Waals surface area contributed by atoms with Gasteiger partial charge >= 0.3 is 4.83 Å². The van der Waals surface area contributed by atoms with Gasteiger partial charge in [-0.3, -0.25) is 0 Å². The molecule has 0 saturated carbocycles. The van der Waals surface area contributed by atoms with Gasteiger partial charge in [-0.15, -0.1) is 6.42 Å². The molecule has 7 heteroatoms. The van der Waals surface area contributed by atoms with E-state index in [1.807, 2.05) is 0 Å². The number of rotatable bonds is 4. The van der Waals surface area contributed by atoms with E-state index in [0.29, 0.717) is 13.2 Å². The van der Waals surface area contributed by atoms with Gasteiger partial charge in [-0.05, 0) is 44.4 Å². The number of hydrogen-bond donors (Lipinski definition) is 0. The monoisotopic (exact) mass is 440 g/mol. The molecule has 2 aliphatic heterocycles. The first kappa shape index (κ1) is 27.5. The fourth-order valence-electron chi connectivity index (χ4n) is 2.10. The second-order valence-electron chi connectivity index (χ2n) is 5.22. The molecule has 26 heavy (non-hydrogen) atoms. The van der Waals surface area contributed by atoms with E-state index < -0.39 is 4.83 Å². The lowest BCUT2D eigenvalue weighted by Gasteiger charge is -2.21. The van der Waals surface area contributed by atoms with Crippen LogP contribution in [0.1, 0.15) is 53.4 Å². The third kappa shape index (κ3) is 15.5. The van der Waals surface area contributed by atoms with E-state index in [2.05, 4.69) is 27.8 Å². The van der Waals surface area contributed by atoms with E-state index in [4.69, 9.17) is 25.4 Å². The van der Waals surface area contributed by atoms with Crippen molar-refractivity contribution in [1.82, 2.24) is 0 Å². The molecule has 0 N–H and O–H groups in total. The highest BCUT2D eigenvalue weighted by Gasteiger charge is 2.19. The van der Waals surface area contributed by atoms with E-state index in [1.54, 1.807) is 5.92 Å². The van der Waals surface area contributed by atoms with Crippen LogP contribution < -0.4 is 0 Å². The summed E-state index contributed by atoms with van der Waals surface area (Å²) >= 11 is 2.11. The predicted molar refractivity (Wildman–Crippen MR) is 103 cm³/mol. The molecule has 2 aliphatic rings. The van der Waals surface area contributed by atoms with Gasteiger partial charge in [-0.2, -0.15) is 8.78 Å². The van der Waals surface area contributed by atoms with Crippen molar-refractivity contribution in [3.63, 3.8) is 0 Å². The summed E-state index contributed by atoms with van der Waals surface area (Å²) < 4.78 is 45.1. The molecule has 0 bridgehead atoms. The Hall–Kier alpha value is -0.700. The average Bonchev–Trinajstić information content (AvgIpc) is 2.59. The standard InChI is InChI=1S/C9H11BrF2O2.C8H12O2.2CH4/c10-9(11,12)5-3-7-14-8-4-1-2-6-13-8;1-2-6-9-8-5-3-4-7-10-8;;/h8H,1-2,4,6-7H2;1,8H,3-7H2;2*1H4. The molecule has 152 valence electrons. The normalized spacial score (nSPS) is 22.1. The molecule has 0 aromatic heterocycles. The number of hydrogen-bond acceptors (Lipinski definition) is 4. The zero-order valence-electron chi connectivity index (χ0n) is 13.6. The van der Waals surface area contributed by atoms with Crippen LogP contribution in [0.2, 0.25) is 0 Å². The van der Waals surface area contributed by atoms with Crippen LogP contribution in [-0.2, 0) is 18.9 Å². The Morgan fingerprint density at radius 2 is 1.46 bits per heavy atom. The molecule has 0 aliphatic carbocycles. The Balaban J connectivity index is 0. The molecule has 2 saturated heterocycles. The van der Waals surface area contributed by atoms with Gasteiger partial charge in [0.05, 0.1) is 0 Å². The van der Waals surface area contributed by atoms with E-state index in [-0.39, 0.29) is 34.0 Å². The lowest BCUT2D eigenvalue weighted by molar-refractivity contribution is -0.154. The van der Waals surface area contributed by atoms with Gasteiger partial charge in [0.15, 0.2) is 12.6 Å². The Labute approximate surface area is 165 Å². The van der Waals surface area contributed by atoms with Crippen LogP contribution >= 0.6 is 15.9 Å². The first-order chi connectivity index (χ1) is 11.5. The predicted octanol–water partition coefficient (Wildman–Crippen LogP) is 4.96. The Morgan fingerprint density at radius 3 is 1.85 bits per heavy atom. The molecule has 2 heterocycles. The fraction of sp³-hybridized carbons (Fsp3) is 0.789. The summed E-state index contributed by atoms with van der Waals surface area (Å²) in [6.45, 7) is 1.83. The zero-order chi connectivity index (χ0) is 17.7. The van der Waals surface area contributed by atoms with Crippen molar-refractivity contribution in [3.8, 4) is 24.2 Å². The highest BCUT2D eigenvalue weighted by atomic mass is 79.9. The molecule has 0 radical (unpaired) electrons. The quantitative estimate of drug-likeness (QED) is 0.457. The lowest BCUT2D eigenvalue weighted by Crippen LogP contribution is -2.22. The van der Waals surface area contributed by atoms with Crippen molar-refractivity contribution in [3.05, 3.63) is 0 Å². The summed E-state index contributed by atoms with van der Waals surface area (Å²) in [5.74, 6) is 6.35. The van der Waals surface area contributed by atoms with E-state index in [9.17, 15) is 8.78 Å². The molecule has 0 amide bonds. The van der Waals surface area contributed by atoms with Crippen LogP contribution in [0.5, 0.6) is 0 Å². The summed E-state index contributed by atoms with van der Waals surface area (Å²) in [6.07, 6.45) is 10.9. The maximum Gasteiger partial charge on any atom is 0.363 e. The molecule has 2 rings (SSSR count). The topological polar surface area (TPSA) is 36.9 Å². The van der Waals surface area contributed by atoms with Crippen LogP contribution in [0.15, 0.2) is 0 Å². The van der Waals surface area contributed by atoms with Gasteiger partial charge in [-0.1, -0.05) is 26.7 Å². The molecule has 0 aromatic carbocycles. The van der Waals surface area contributed by atoms with Crippen molar-refractivity contribution in [2.24, 2.45) is 0 Å². The number of halogens is 3. The molecule has 4 nitrogen and oxygen atoms in total. The highest BCUT2D eigenvalue weighted by Crippen LogP contribution is 2.19. The van der Waals surface area contributed by atoms with Gasteiger partial charge in [0, 0.05) is 29.1 Å². The minimum absolute atomic E-state index is 0. The van der Waals surface area contributed by atoms with Gasteiger partial charge in [0.1, 0.15) is 13.2 Å². The van der Waals surface area contributed by atoms with Gasteiger partial charge in [0.25, 0.3) is 0 Å². The van der Waals surface area contributed by atoms with Crippen molar-refractivity contribution < 1.29 is 27.7 Å². The minimum Gasteiger partial charge on any atom is -0.353 e. The maximum atomic E-state index is 12.1. The Morgan fingerprint density at radius 1 is 0.962 bits per heavy atom. The van der Waals surface area contributed by atoms with Gasteiger partial charge in [-0.25, -0.2) is 0 Å². The SMILES string of the molecule is C.C.C#CCOC1CCCCO1.FC(F)(Br)C#CCOC1CCCCO1. The summed E-state index contributed by atoms with van der Waals surface area (Å²) in [5.41, 5.74) is 0. The first-order valence-electron chi connectivity index (χ1n) is 7.98. The Bertz CT molecular complexity index is 426. The smallest absolute Gasteiger partial charge is 0.353 e. The van der Waals surface area contributed by atoms with Gasteiger partial charge in [0.2, 0.25) is 0 Å². The van der Waals surface area contributed by atoms with Crippen molar-refractivity contribution in [2.45, 2.75) is 70.8 Å². The molecule has 2 unspecified atom stereocenters. The van der Waals surface area contributed by atoms with Crippen LogP contribution in [0.4, 0.5) is 8.78 Å². The first-order valence-corrected chi connectivity index (χ1v) is 8.77. The molecule has 0 spiro atoms. The largest absolute Gasteiger partial charge is 0.363 e. The summed E-state index contributed by atoms with van der Waals surface area (Å²) in [5, 5.41) is 0. The van der Waals surface area contributed by atoms with Crippen LogP contribution in [0, 0.1) is 24.2 Å². The summed E-state index contributed by atoms with van der Waals surface area (Å²) in [6, 6.07) is 0. The zero-order valence-corrected chi connectivity index (χ0v) is 15.2. The number of alkyl halides is 3. The highest BCUT2D eigenvalue weighted by molar-refractivity contribution is 9.10. The average molecular weight is 441 g/mol. The molecule has 2 atom stereocenters. The second kappa shape index (κ2) is 16.5. The maximum absolute atomic E-state index is 12.1. The molecular weight excluding hydrogens is 410 g/mol. The van der Waals surface area contributed by atoms with Gasteiger partial charge < -0.3 is 18.9 Å². The third-order valence-electron chi connectivity index (χ3n) is 3.20. The van der Waals surface area contributed by atoms with Crippen molar-refractivity contribution in [1.29, 1.82) is 0 Å².